The highest BCUT2D eigenvalue weighted by molar-refractivity contribution is 7.88. The van der Waals surface area contributed by atoms with Crippen LogP contribution in [0.25, 0.3) is 0 Å². The van der Waals surface area contributed by atoms with Gasteiger partial charge in [0.05, 0.1) is 6.26 Å². The summed E-state index contributed by atoms with van der Waals surface area (Å²) >= 11 is 0. The van der Waals surface area contributed by atoms with Gasteiger partial charge in [-0.25, -0.2) is 26.3 Å². The molecule has 1 unspecified atom stereocenters. The molecule has 0 aliphatic carbocycles. The fourth-order valence-corrected chi connectivity index (χ4v) is 3.26. The minimum absolute atomic E-state index is 0.00214. The van der Waals surface area contributed by atoms with Crippen LogP contribution in [0.1, 0.15) is 23.2 Å². The lowest BCUT2D eigenvalue weighted by Crippen LogP contribution is -2.49. The minimum Gasteiger partial charge on any atom is -0.337 e. The molecule has 1 aliphatic rings. The molecule has 1 N–H and O–H groups in total. The maximum Gasteiger partial charge on any atom is 0.259 e. The molecule has 1 aromatic rings. The monoisotopic (exact) mass is 336 g/mol. The molecule has 1 fully saturated rings. The van der Waals surface area contributed by atoms with Crippen molar-refractivity contribution in [2.45, 2.75) is 18.9 Å². The highest BCUT2D eigenvalue weighted by Crippen LogP contribution is 2.20. The first-order chi connectivity index (χ1) is 10.2. The fraction of sp³-hybridized carbons (Fsp3) is 0.462. The van der Waals surface area contributed by atoms with Crippen LogP contribution in [0.15, 0.2) is 12.1 Å². The number of hydrogen-bond acceptors (Lipinski definition) is 3. The van der Waals surface area contributed by atoms with Crippen molar-refractivity contribution in [2.24, 2.45) is 0 Å². The SMILES string of the molecule is CS(=O)(=O)NC1CCCN(C(=O)c2c(F)cc(F)cc2F)C1. The van der Waals surface area contributed by atoms with E-state index in [1.54, 1.807) is 0 Å². The lowest BCUT2D eigenvalue weighted by Gasteiger charge is -2.32. The Morgan fingerprint density at radius 2 is 1.86 bits per heavy atom. The van der Waals surface area contributed by atoms with Crippen LogP contribution in [0, 0.1) is 17.5 Å². The average molecular weight is 336 g/mol. The Hall–Kier alpha value is -1.61. The van der Waals surface area contributed by atoms with E-state index in [1.165, 1.54) is 0 Å². The molecule has 0 bridgehead atoms. The Labute approximate surface area is 126 Å². The van der Waals surface area contributed by atoms with E-state index >= 15 is 0 Å². The van der Waals surface area contributed by atoms with Crippen molar-refractivity contribution in [1.29, 1.82) is 0 Å². The van der Waals surface area contributed by atoms with E-state index in [2.05, 4.69) is 4.72 Å². The molecule has 1 atom stereocenters. The molecule has 0 aromatic heterocycles. The molecule has 0 radical (unpaired) electrons. The van der Waals surface area contributed by atoms with Gasteiger partial charge < -0.3 is 4.90 Å². The number of nitrogens with zero attached hydrogens (tertiary/aromatic N) is 1. The van der Waals surface area contributed by atoms with Crippen LogP contribution in [-0.2, 0) is 10.0 Å². The summed E-state index contributed by atoms with van der Waals surface area (Å²) < 4.78 is 65.0. The number of likely N-dealkylation sites (tertiary alicyclic amines) is 1. The van der Waals surface area contributed by atoms with Gasteiger partial charge >= 0.3 is 0 Å². The lowest BCUT2D eigenvalue weighted by atomic mass is 10.0. The standard InChI is InChI=1S/C13H15F3N2O3S/c1-22(20,21)17-9-3-2-4-18(7-9)13(19)12-10(15)5-8(14)6-11(12)16/h5-6,9,17H,2-4,7H2,1H3. The highest BCUT2D eigenvalue weighted by atomic mass is 32.2. The Kier molecular flexibility index (Phi) is 4.76. The number of rotatable bonds is 3. The summed E-state index contributed by atoms with van der Waals surface area (Å²) in [6.07, 6.45) is 2.00. The Morgan fingerprint density at radius 3 is 2.41 bits per heavy atom. The second kappa shape index (κ2) is 6.25. The molecule has 5 nitrogen and oxygen atoms in total. The van der Waals surface area contributed by atoms with E-state index < -0.39 is 45.0 Å². The first-order valence-electron chi connectivity index (χ1n) is 6.58. The van der Waals surface area contributed by atoms with Crippen molar-refractivity contribution in [3.8, 4) is 0 Å². The molecule has 1 saturated heterocycles. The number of piperidine rings is 1. The van der Waals surface area contributed by atoms with Crippen molar-refractivity contribution in [3.63, 3.8) is 0 Å². The minimum atomic E-state index is -3.45. The van der Waals surface area contributed by atoms with Gasteiger partial charge in [0.2, 0.25) is 10.0 Å². The molecule has 0 spiro atoms. The summed E-state index contributed by atoms with van der Waals surface area (Å²) in [7, 11) is -3.45. The average Bonchev–Trinajstić information content (AvgIpc) is 2.35. The molecule has 122 valence electrons. The van der Waals surface area contributed by atoms with Gasteiger partial charge in [-0.05, 0) is 12.8 Å². The molecule has 1 heterocycles. The van der Waals surface area contributed by atoms with Crippen LogP contribution in [0.5, 0.6) is 0 Å². The molecule has 0 saturated carbocycles. The first kappa shape index (κ1) is 16.8. The zero-order chi connectivity index (χ0) is 16.5. The van der Waals surface area contributed by atoms with Crippen LogP contribution in [0.3, 0.4) is 0 Å². The van der Waals surface area contributed by atoms with E-state index in [1.807, 2.05) is 0 Å². The van der Waals surface area contributed by atoms with Gasteiger partial charge in [-0.15, -0.1) is 0 Å². The van der Waals surface area contributed by atoms with Crippen LogP contribution in [-0.4, -0.2) is 44.6 Å². The van der Waals surface area contributed by atoms with Crippen molar-refractivity contribution in [3.05, 3.63) is 35.1 Å². The molecule has 9 heteroatoms. The summed E-state index contributed by atoms with van der Waals surface area (Å²) in [5.74, 6) is -4.58. The maximum absolute atomic E-state index is 13.6. The van der Waals surface area contributed by atoms with Gasteiger partial charge in [-0.2, -0.15) is 0 Å². The Bertz CT molecular complexity index is 671. The first-order valence-corrected chi connectivity index (χ1v) is 8.47. The van der Waals surface area contributed by atoms with Gasteiger partial charge in [0.15, 0.2) is 0 Å². The van der Waals surface area contributed by atoms with E-state index in [9.17, 15) is 26.4 Å². The number of hydrogen-bond donors (Lipinski definition) is 1. The van der Waals surface area contributed by atoms with Crippen LogP contribution < -0.4 is 4.72 Å². The topological polar surface area (TPSA) is 66.5 Å². The lowest BCUT2D eigenvalue weighted by molar-refractivity contribution is 0.0693. The smallest absolute Gasteiger partial charge is 0.259 e. The number of sulfonamides is 1. The summed E-state index contributed by atoms with van der Waals surface area (Å²) in [6, 6.07) is 0.359. The fourth-order valence-electron chi connectivity index (χ4n) is 2.47. The molecule has 22 heavy (non-hydrogen) atoms. The second-order valence-corrected chi connectivity index (χ2v) is 7.00. The quantitative estimate of drug-likeness (QED) is 0.904. The van der Waals surface area contributed by atoms with Crippen LogP contribution in [0.2, 0.25) is 0 Å². The molecule has 1 aliphatic heterocycles. The zero-order valence-electron chi connectivity index (χ0n) is 11.8. The van der Waals surface area contributed by atoms with Crippen molar-refractivity contribution in [1.82, 2.24) is 9.62 Å². The van der Waals surface area contributed by atoms with Crippen molar-refractivity contribution in [2.75, 3.05) is 19.3 Å². The Balaban J connectivity index is 2.19. The molecule has 1 amide bonds. The number of carbonyl (C=O) groups excluding carboxylic acids is 1. The summed E-state index contributed by atoms with van der Waals surface area (Å²) in [5.41, 5.74) is -0.832. The predicted molar refractivity (Wildman–Crippen MR) is 73.2 cm³/mol. The van der Waals surface area contributed by atoms with Crippen molar-refractivity contribution < 1.29 is 26.4 Å². The molecule has 1 aromatic carbocycles. The van der Waals surface area contributed by atoms with Crippen molar-refractivity contribution >= 4 is 15.9 Å². The third-order valence-electron chi connectivity index (χ3n) is 3.31. The molecular weight excluding hydrogens is 321 g/mol. The Morgan fingerprint density at radius 1 is 1.27 bits per heavy atom. The number of carbonyl (C=O) groups is 1. The number of benzene rings is 1. The summed E-state index contributed by atoms with van der Waals surface area (Å²) in [4.78, 5) is 13.4. The summed E-state index contributed by atoms with van der Waals surface area (Å²) in [5, 5.41) is 0. The maximum atomic E-state index is 13.6. The van der Waals surface area contributed by atoms with Crippen LogP contribution >= 0.6 is 0 Å². The summed E-state index contributed by atoms with van der Waals surface area (Å²) in [6.45, 7) is 0.249. The number of halogens is 3. The number of nitrogens with one attached hydrogen (secondary N) is 1. The highest BCUT2D eigenvalue weighted by Gasteiger charge is 2.29. The van der Waals surface area contributed by atoms with E-state index in [0.717, 1.165) is 11.2 Å². The second-order valence-electron chi connectivity index (χ2n) is 5.22. The van der Waals surface area contributed by atoms with Crippen LogP contribution in [0.4, 0.5) is 13.2 Å². The number of amides is 1. The largest absolute Gasteiger partial charge is 0.337 e. The molecular formula is C13H15F3N2O3S. The predicted octanol–water partition coefficient (Wildman–Crippen LogP) is 1.26. The third kappa shape index (κ3) is 3.98. The molecule has 2 rings (SSSR count). The van der Waals surface area contributed by atoms with Gasteiger partial charge in [0.1, 0.15) is 23.0 Å². The van der Waals surface area contributed by atoms with Gasteiger partial charge in [-0.1, -0.05) is 0 Å². The van der Waals surface area contributed by atoms with E-state index in [0.29, 0.717) is 25.0 Å². The van der Waals surface area contributed by atoms with Gasteiger partial charge in [-0.3, -0.25) is 4.79 Å². The van der Waals surface area contributed by atoms with Gasteiger partial charge in [0.25, 0.3) is 5.91 Å². The normalized spacial score (nSPS) is 19.3. The van der Waals surface area contributed by atoms with E-state index in [-0.39, 0.29) is 13.1 Å². The van der Waals surface area contributed by atoms with Gasteiger partial charge in [0, 0.05) is 31.3 Å². The zero-order valence-corrected chi connectivity index (χ0v) is 12.6. The van der Waals surface area contributed by atoms with E-state index in [4.69, 9.17) is 0 Å². The third-order valence-corrected chi connectivity index (χ3v) is 4.07.